The number of aliphatic imine (C=N–C) groups is 1. The molecule has 3 aromatic rings. The van der Waals surface area contributed by atoms with Gasteiger partial charge in [-0.3, -0.25) is 20.0 Å². The third kappa shape index (κ3) is 6.98. The lowest BCUT2D eigenvalue weighted by Crippen LogP contribution is -2.45. The normalized spacial score (nSPS) is 11.3. The van der Waals surface area contributed by atoms with Crippen molar-refractivity contribution in [1.29, 1.82) is 0 Å². The van der Waals surface area contributed by atoms with Crippen LogP contribution in [0, 0.1) is 24.6 Å². The number of nitrogen functional groups attached to an aromatic ring is 1. The van der Waals surface area contributed by atoms with Gasteiger partial charge in [0.25, 0.3) is 11.8 Å². The van der Waals surface area contributed by atoms with Gasteiger partial charge in [-0.05, 0) is 61.7 Å². The van der Waals surface area contributed by atoms with Crippen LogP contribution in [-0.2, 0) is 4.79 Å². The number of nitrogens with zero attached hydrogens (tertiary/aromatic N) is 2. The molecule has 0 fully saturated rings. The van der Waals surface area contributed by atoms with Crippen molar-refractivity contribution in [2.24, 2.45) is 16.6 Å². The number of benzene rings is 2. The summed E-state index contributed by atoms with van der Waals surface area (Å²) >= 11 is 0. The Labute approximate surface area is 223 Å². The maximum absolute atomic E-state index is 14.6. The second-order valence-electron chi connectivity index (χ2n) is 8.16. The van der Waals surface area contributed by atoms with E-state index in [0.29, 0.717) is 33.6 Å². The van der Waals surface area contributed by atoms with Crippen molar-refractivity contribution < 1.29 is 23.9 Å². The molecular weight excluding hydrogens is 503 g/mol. The number of carbonyl (C=O) groups excluding carboxylic acids is 2. The van der Waals surface area contributed by atoms with E-state index in [1.54, 1.807) is 43.3 Å². The van der Waals surface area contributed by atoms with Crippen LogP contribution in [0.25, 0.3) is 17.3 Å². The van der Waals surface area contributed by atoms with Crippen molar-refractivity contribution in [2.45, 2.75) is 13.0 Å². The monoisotopic (exact) mass is 528 g/mol. The third-order valence-corrected chi connectivity index (χ3v) is 5.62. The number of aliphatic carboxylic acids is 1. The molecule has 0 aliphatic carbocycles. The molecule has 11 heteroatoms. The van der Waals surface area contributed by atoms with Crippen LogP contribution < -0.4 is 22.3 Å². The first-order valence-corrected chi connectivity index (χ1v) is 11.5. The fraction of sp³-hybridized carbons (Fsp3) is 0.107. The summed E-state index contributed by atoms with van der Waals surface area (Å²) in [7, 11) is 0. The van der Waals surface area contributed by atoms with Gasteiger partial charge in [-0.1, -0.05) is 24.0 Å². The molecule has 0 aliphatic heterocycles. The number of hydrogen-bond donors (Lipinski definition) is 5. The van der Waals surface area contributed by atoms with Crippen molar-refractivity contribution in [3.05, 3.63) is 94.1 Å². The first kappa shape index (κ1) is 28.4. The summed E-state index contributed by atoms with van der Waals surface area (Å²) in [6, 6.07) is 10.9. The quantitative estimate of drug-likeness (QED) is 0.0978. The average Bonchev–Trinajstić information content (AvgIpc) is 2.94. The van der Waals surface area contributed by atoms with Crippen LogP contribution >= 0.6 is 0 Å². The Morgan fingerprint density at radius 2 is 1.87 bits per heavy atom. The SMILES string of the molecule is C=N/C=C\c1nc(-c2ccc(C#Cc3ccc(C(=O)NC(CN)C(=O)O)cc3F)cc2)cc(C(=O)NN)c1C. The van der Waals surface area contributed by atoms with Gasteiger partial charge >= 0.3 is 5.97 Å². The Hall–Kier alpha value is -5.18. The molecule has 2 amide bonds. The Morgan fingerprint density at radius 1 is 1.15 bits per heavy atom. The Kier molecular flexibility index (Phi) is 9.37. The van der Waals surface area contributed by atoms with Gasteiger partial charge in [0.15, 0.2) is 0 Å². The highest BCUT2D eigenvalue weighted by Crippen LogP contribution is 2.24. The van der Waals surface area contributed by atoms with Crippen molar-refractivity contribution in [3.8, 4) is 23.1 Å². The molecule has 0 saturated carbocycles. The van der Waals surface area contributed by atoms with Crippen LogP contribution in [0.1, 0.15) is 43.1 Å². The minimum Gasteiger partial charge on any atom is -0.480 e. The molecule has 198 valence electrons. The van der Waals surface area contributed by atoms with Crippen LogP contribution in [0.5, 0.6) is 0 Å². The molecule has 39 heavy (non-hydrogen) atoms. The summed E-state index contributed by atoms with van der Waals surface area (Å²) < 4.78 is 14.6. The van der Waals surface area contributed by atoms with E-state index in [0.717, 1.165) is 6.07 Å². The zero-order valence-electron chi connectivity index (χ0n) is 20.9. The van der Waals surface area contributed by atoms with Gasteiger partial charge < -0.3 is 16.2 Å². The number of carboxylic acids is 1. The molecular formula is C28H25FN6O4. The fourth-order valence-corrected chi connectivity index (χ4v) is 3.46. The number of nitrogens with two attached hydrogens (primary N) is 2. The van der Waals surface area contributed by atoms with Crippen molar-refractivity contribution in [2.75, 3.05) is 6.54 Å². The van der Waals surface area contributed by atoms with E-state index in [-0.39, 0.29) is 17.7 Å². The number of aromatic nitrogens is 1. The Morgan fingerprint density at radius 3 is 2.46 bits per heavy atom. The smallest absolute Gasteiger partial charge is 0.327 e. The zero-order valence-corrected chi connectivity index (χ0v) is 20.9. The molecule has 2 aromatic carbocycles. The van der Waals surface area contributed by atoms with Gasteiger partial charge in [-0.2, -0.15) is 0 Å². The number of nitrogens with one attached hydrogen (secondary N) is 2. The maximum Gasteiger partial charge on any atom is 0.327 e. The van der Waals surface area contributed by atoms with E-state index in [4.69, 9.17) is 16.7 Å². The second kappa shape index (κ2) is 12.9. The summed E-state index contributed by atoms with van der Waals surface area (Å²) in [4.78, 5) is 43.8. The molecule has 0 saturated heterocycles. The minimum atomic E-state index is -1.29. The standard InChI is InChI=1S/C28H25FN6O4/c1-16-21(27(37)35-31)14-24(33-23(16)11-12-32-2)19-7-4-17(5-8-19)3-6-18-9-10-20(13-22(18)29)26(36)34-25(15-30)28(38)39/h4-5,7-14,25H,2,15,30-31H2,1H3,(H,34,36)(H,35,37)(H,38,39)/b12-11-. The number of carboxylic acid groups (broad SMARTS) is 1. The molecule has 0 spiro atoms. The number of rotatable bonds is 8. The van der Waals surface area contributed by atoms with E-state index in [1.165, 1.54) is 18.3 Å². The number of amides is 2. The van der Waals surface area contributed by atoms with Crippen LogP contribution in [0.2, 0.25) is 0 Å². The van der Waals surface area contributed by atoms with Crippen LogP contribution in [0.3, 0.4) is 0 Å². The number of pyridine rings is 1. The lowest BCUT2D eigenvalue weighted by Gasteiger charge is -2.12. The van der Waals surface area contributed by atoms with Crippen LogP contribution in [0.4, 0.5) is 4.39 Å². The van der Waals surface area contributed by atoms with Gasteiger partial charge in [0.1, 0.15) is 11.9 Å². The van der Waals surface area contributed by atoms with Gasteiger partial charge in [-0.15, -0.1) is 0 Å². The van der Waals surface area contributed by atoms with E-state index < -0.39 is 29.6 Å². The zero-order chi connectivity index (χ0) is 28.5. The summed E-state index contributed by atoms with van der Waals surface area (Å²) in [6.07, 6.45) is 3.10. The number of carbonyl (C=O) groups is 3. The summed E-state index contributed by atoms with van der Waals surface area (Å²) in [6.45, 7) is 4.84. The highest BCUT2D eigenvalue weighted by molar-refractivity contribution is 5.97. The van der Waals surface area contributed by atoms with Crippen LogP contribution in [0.15, 0.2) is 59.7 Å². The molecule has 0 radical (unpaired) electrons. The van der Waals surface area contributed by atoms with E-state index in [9.17, 15) is 18.8 Å². The largest absolute Gasteiger partial charge is 0.480 e. The van der Waals surface area contributed by atoms with Crippen molar-refractivity contribution in [1.82, 2.24) is 15.7 Å². The van der Waals surface area contributed by atoms with E-state index in [1.807, 2.05) is 0 Å². The molecule has 1 unspecified atom stereocenters. The predicted octanol–water partition coefficient (Wildman–Crippen LogP) is 2.01. The second-order valence-corrected chi connectivity index (χ2v) is 8.16. The first-order chi connectivity index (χ1) is 18.7. The molecule has 1 atom stereocenters. The van der Waals surface area contributed by atoms with Gasteiger partial charge in [0.05, 0.1) is 17.0 Å². The summed E-state index contributed by atoms with van der Waals surface area (Å²) in [5.74, 6) is 7.64. The maximum atomic E-state index is 14.6. The third-order valence-electron chi connectivity index (χ3n) is 5.62. The molecule has 0 aliphatic rings. The lowest BCUT2D eigenvalue weighted by atomic mass is 10.0. The van der Waals surface area contributed by atoms with E-state index in [2.05, 4.69) is 39.3 Å². The van der Waals surface area contributed by atoms with Crippen molar-refractivity contribution >= 4 is 30.6 Å². The highest BCUT2D eigenvalue weighted by atomic mass is 19.1. The summed E-state index contributed by atoms with van der Waals surface area (Å²) in [5, 5.41) is 11.2. The van der Waals surface area contributed by atoms with E-state index >= 15 is 0 Å². The average molecular weight is 529 g/mol. The molecule has 10 nitrogen and oxygen atoms in total. The lowest BCUT2D eigenvalue weighted by molar-refractivity contribution is -0.138. The Bertz CT molecular complexity index is 1520. The van der Waals surface area contributed by atoms with Crippen molar-refractivity contribution in [3.63, 3.8) is 0 Å². The molecule has 1 heterocycles. The molecule has 7 N–H and O–H groups in total. The minimum absolute atomic E-state index is 0.0501. The Balaban J connectivity index is 1.84. The molecule has 0 bridgehead atoms. The highest BCUT2D eigenvalue weighted by Gasteiger charge is 2.19. The van der Waals surface area contributed by atoms with Crippen LogP contribution in [-0.4, -0.2) is 47.2 Å². The number of hydrogen-bond acceptors (Lipinski definition) is 7. The number of hydrazine groups is 1. The predicted molar refractivity (Wildman–Crippen MR) is 145 cm³/mol. The van der Waals surface area contributed by atoms with Gasteiger partial charge in [0, 0.05) is 35.0 Å². The topological polar surface area (TPSA) is 173 Å². The molecule has 1 aromatic heterocycles. The molecule has 3 rings (SSSR count). The first-order valence-electron chi connectivity index (χ1n) is 11.5. The number of halogens is 1. The van der Waals surface area contributed by atoms with Gasteiger partial charge in [-0.25, -0.2) is 20.0 Å². The van der Waals surface area contributed by atoms with Gasteiger partial charge in [0.2, 0.25) is 0 Å². The summed E-state index contributed by atoms with van der Waals surface area (Å²) in [5.41, 5.74) is 10.7. The fourth-order valence-electron chi connectivity index (χ4n) is 3.46.